The van der Waals surface area contributed by atoms with Crippen molar-refractivity contribution in [3.05, 3.63) is 64.9 Å². The predicted molar refractivity (Wildman–Crippen MR) is 123 cm³/mol. The average Bonchev–Trinajstić information content (AvgIpc) is 2.76. The summed E-state index contributed by atoms with van der Waals surface area (Å²) in [4.78, 5) is 4.99. The number of sulfonamides is 1. The first-order chi connectivity index (χ1) is 14.4. The zero-order valence-electron chi connectivity index (χ0n) is 16.9. The molecule has 2 N–H and O–H groups in total. The Bertz CT molecular complexity index is 1040. The molecule has 31 heavy (non-hydrogen) atoms. The Kier molecular flexibility index (Phi) is 7.59. The highest BCUT2D eigenvalue weighted by Crippen LogP contribution is 2.29. The third-order valence-corrected chi connectivity index (χ3v) is 7.90. The monoisotopic (exact) mass is 486 g/mol. The van der Waals surface area contributed by atoms with Crippen molar-refractivity contribution in [1.29, 1.82) is 0 Å². The molecule has 2 aliphatic rings. The number of nitrogens with one attached hydrogen (secondary N) is 2. The molecular formula is C21H25Cl2FN4O2S. The van der Waals surface area contributed by atoms with Crippen LogP contribution in [0.1, 0.15) is 18.4 Å². The van der Waals surface area contributed by atoms with Gasteiger partial charge in [0.15, 0.2) is 0 Å². The molecule has 1 fully saturated rings. The highest BCUT2D eigenvalue weighted by molar-refractivity contribution is 7.89. The maximum Gasteiger partial charge on any atom is 0.243 e. The van der Waals surface area contributed by atoms with Crippen LogP contribution in [-0.4, -0.2) is 50.3 Å². The molecule has 0 bridgehead atoms. The van der Waals surface area contributed by atoms with E-state index < -0.39 is 15.8 Å². The molecule has 0 aliphatic carbocycles. The second-order valence-electron chi connectivity index (χ2n) is 7.56. The Morgan fingerprint density at radius 2 is 1.87 bits per heavy atom. The molecule has 10 heteroatoms. The van der Waals surface area contributed by atoms with Crippen LogP contribution >= 0.6 is 24.0 Å². The van der Waals surface area contributed by atoms with Gasteiger partial charge in [-0.05, 0) is 42.7 Å². The first-order valence-electron chi connectivity index (χ1n) is 9.94. The van der Waals surface area contributed by atoms with Gasteiger partial charge in [0.2, 0.25) is 10.0 Å². The van der Waals surface area contributed by atoms with E-state index in [0.717, 1.165) is 17.9 Å². The average molecular weight is 487 g/mol. The molecule has 1 spiro atoms. The first kappa shape index (κ1) is 23.9. The lowest BCUT2D eigenvalue weighted by atomic mass is 9.85. The fourth-order valence-corrected chi connectivity index (χ4v) is 5.69. The summed E-state index contributed by atoms with van der Waals surface area (Å²) in [7, 11) is -3.50. The topological polar surface area (TPSA) is 73.8 Å². The van der Waals surface area contributed by atoms with E-state index in [1.807, 2.05) is 0 Å². The Morgan fingerprint density at radius 1 is 1.16 bits per heavy atom. The van der Waals surface area contributed by atoms with E-state index in [4.69, 9.17) is 11.6 Å². The SMILES string of the molecule is Cl.O=S(=O)(c1ccccc1)N1CCC2(CC1)NCCN=C2NCc1ccc(F)c(Cl)c1. The van der Waals surface area contributed by atoms with Gasteiger partial charge in [0.25, 0.3) is 0 Å². The quantitative estimate of drug-likeness (QED) is 0.695. The van der Waals surface area contributed by atoms with Crippen LogP contribution in [0.25, 0.3) is 0 Å². The summed E-state index contributed by atoms with van der Waals surface area (Å²) in [6.45, 7) is 2.69. The molecule has 0 unspecified atom stereocenters. The van der Waals surface area contributed by atoms with E-state index in [0.29, 0.717) is 43.9 Å². The van der Waals surface area contributed by atoms with Crippen LogP contribution in [0.5, 0.6) is 0 Å². The summed E-state index contributed by atoms with van der Waals surface area (Å²) in [6.07, 6.45) is 1.24. The van der Waals surface area contributed by atoms with E-state index in [9.17, 15) is 12.8 Å². The number of hydrogen-bond donors (Lipinski definition) is 2. The molecule has 0 aromatic heterocycles. The number of halogens is 3. The zero-order valence-corrected chi connectivity index (χ0v) is 19.2. The fourth-order valence-electron chi connectivity index (χ4n) is 4.02. The van der Waals surface area contributed by atoms with Crippen LogP contribution in [0.15, 0.2) is 58.4 Å². The van der Waals surface area contributed by atoms with Gasteiger partial charge >= 0.3 is 0 Å². The van der Waals surface area contributed by atoms with E-state index >= 15 is 0 Å². The lowest BCUT2D eigenvalue weighted by molar-refractivity contribution is 0.241. The number of piperidine rings is 1. The fraction of sp³-hybridized carbons (Fsp3) is 0.381. The molecule has 168 valence electrons. The van der Waals surface area contributed by atoms with Crippen molar-refractivity contribution < 1.29 is 12.8 Å². The summed E-state index contributed by atoms with van der Waals surface area (Å²) in [5.74, 6) is 0.381. The summed E-state index contributed by atoms with van der Waals surface area (Å²) < 4.78 is 40.8. The minimum absolute atomic E-state index is 0. The van der Waals surface area contributed by atoms with Gasteiger partial charge in [-0.25, -0.2) is 12.8 Å². The van der Waals surface area contributed by atoms with Crippen LogP contribution in [0.2, 0.25) is 5.02 Å². The lowest BCUT2D eigenvalue weighted by Gasteiger charge is -2.44. The van der Waals surface area contributed by atoms with Crippen LogP contribution in [-0.2, 0) is 16.6 Å². The predicted octanol–water partition coefficient (Wildman–Crippen LogP) is 3.22. The maximum atomic E-state index is 13.4. The number of aliphatic imine (C=N–C) groups is 1. The summed E-state index contributed by atoms with van der Waals surface area (Å²) in [5, 5.41) is 7.01. The molecule has 1 saturated heterocycles. The van der Waals surface area contributed by atoms with Crippen molar-refractivity contribution in [2.24, 2.45) is 4.99 Å². The Balaban J connectivity index is 0.00000272. The molecule has 2 heterocycles. The Morgan fingerprint density at radius 3 is 2.55 bits per heavy atom. The Hall–Kier alpha value is -1.71. The van der Waals surface area contributed by atoms with Crippen LogP contribution in [0.3, 0.4) is 0 Å². The van der Waals surface area contributed by atoms with Gasteiger partial charge in [-0.1, -0.05) is 35.9 Å². The molecule has 2 aliphatic heterocycles. The van der Waals surface area contributed by atoms with Gasteiger partial charge in [-0.15, -0.1) is 12.4 Å². The summed E-state index contributed by atoms with van der Waals surface area (Å²) in [6, 6.07) is 13.2. The molecule has 2 aromatic rings. The van der Waals surface area contributed by atoms with E-state index in [2.05, 4.69) is 15.6 Å². The van der Waals surface area contributed by atoms with Gasteiger partial charge in [-0.2, -0.15) is 4.31 Å². The smallest absolute Gasteiger partial charge is 0.243 e. The molecule has 0 radical (unpaired) electrons. The highest BCUT2D eigenvalue weighted by Gasteiger charge is 2.43. The zero-order chi connectivity index (χ0) is 21.2. The maximum absolute atomic E-state index is 13.4. The summed E-state index contributed by atoms with van der Waals surface area (Å²) >= 11 is 5.88. The third-order valence-electron chi connectivity index (χ3n) is 5.70. The summed E-state index contributed by atoms with van der Waals surface area (Å²) in [5.41, 5.74) is 0.471. The standard InChI is InChI=1S/C21H24ClFN4O2S.ClH/c22-18-14-16(6-7-19(18)23)15-25-20-21(26-11-10-24-20)8-12-27(13-9-21)30(28,29)17-4-2-1-3-5-17;/h1-7,14,26H,8-13,15H2,(H,24,25);1H. The van der Waals surface area contributed by atoms with Crippen molar-refractivity contribution >= 4 is 39.9 Å². The molecular weight excluding hydrogens is 462 g/mol. The second kappa shape index (κ2) is 9.83. The van der Waals surface area contributed by atoms with Crippen molar-refractivity contribution in [2.75, 3.05) is 26.2 Å². The van der Waals surface area contributed by atoms with Crippen LogP contribution in [0.4, 0.5) is 4.39 Å². The van der Waals surface area contributed by atoms with E-state index in [1.165, 1.54) is 6.07 Å². The van der Waals surface area contributed by atoms with Gasteiger partial charge < -0.3 is 10.6 Å². The number of benzene rings is 2. The number of nitrogens with zero attached hydrogens (tertiary/aromatic N) is 2. The highest BCUT2D eigenvalue weighted by atomic mass is 35.5. The number of hydrogen-bond acceptors (Lipinski definition) is 5. The van der Waals surface area contributed by atoms with Crippen molar-refractivity contribution in [3.63, 3.8) is 0 Å². The van der Waals surface area contributed by atoms with Crippen molar-refractivity contribution in [2.45, 2.75) is 29.8 Å². The normalized spacial score (nSPS) is 18.8. The minimum Gasteiger partial charge on any atom is -0.368 e. The molecule has 0 atom stereocenters. The first-order valence-corrected chi connectivity index (χ1v) is 11.8. The van der Waals surface area contributed by atoms with Crippen LogP contribution in [0, 0.1) is 5.82 Å². The van der Waals surface area contributed by atoms with Gasteiger partial charge in [0, 0.05) is 26.2 Å². The molecule has 0 amide bonds. The molecule has 6 nitrogen and oxygen atoms in total. The molecule has 4 rings (SSSR count). The van der Waals surface area contributed by atoms with Gasteiger partial charge in [0.05, 0.1) is 22.0 Å². The Labute approximate surface area is 193 Å². The third kappa shape index (κ3) is 5.04. The lowest BCUT2D eigenvalue weighted by Crippen LogP contribution is -2.64. The van der Waals surface area contributed by atoms with Crippen LogP contribution < -0.4 is 10.6 Å². The van der Waals surface area contributed by atoms with Gasteiger partial charge in [-0.3, -0.25) is 4.99 Å². The number of amidine groups is 1. The largest absolute Gasteiger partial charge is 0.368 e. The van der Waals surface area contributed by atoms with Crippen molar-refractivity contribution in [3.8, 4) is 0 Å². The van der Waals surface area contributed by atoms with Gasteiger partial charge in [0.1, 0.15) is 11.7 Å². The van der Waals surface area contributed by atoms with E-state index in [-0.39, 0.29) is 23.0 Å². The molecule has 2 aromatic carbocycles. The van der Waals surface area contributed by atoms with E-state index in [1.54, 1.807) is 46.8 Å². The minimum atomic E-state index is -3.50. The number of rotatable bonds is 4. The molecule has 0 saturated carbocycles. The van der Waals surface area contributed by atoms with Crippen molar-refractivity contribution in [1.82, 2.24) is 14.9 Å². The second-order valence-corrected chi connectivity index (χ2v) is 9.90.